The van der Waals surface area contributed by atoms with Gasteiger partial charge in [0.15, 0.2) is 0 Å². The maximum absolute atomic E-state index is 12.3. The minimum absolute atomic E-state index is 0.0493. The molecule has 0 unspecified atom stereocenters. The van der Waals surface area contributed by atoms with Crippen molar-refractivity contribution < 1.29 is 9.59 Å². The molecule has 1 aromatic heterocycles. The van der Waals surface area contributed by atoms with E-state index in [2.05, 4.69) is 20.8 Å². The number of anilines is 1. The first kappa shape index (κ1) is 21.0. The quantitative estimate of drug-likeness (QED) is 0.557. The van der Waals surface area contributed by atoms with Gasteiger partial charge in [0.2, 0.25) is 10.9 Å². The van der Waals surface area contributed by atoms with Crippen molar-refractivity contribution in [3.05, 3.63) is 74.7 Å². The fourth-order valence-corrected chi connectivity index (χ4v) is 3.57. The van der Waals surface area contributed by atoms with Gasteiger partial charge in [-0.1, -0.05) is 58.8 Å². The Morgan fingerprint density at radius 2 is 1.83 bits per heavy atom. The molecule has 0 radical (unpaired) electrons. The molecule has 0 atom stereocenters. The number of amides is 2. The summed E-state index contributed by atoms with van der Waals surface area (Å²) in [5.41, 5.74) is 2.72. The number of hydrogen-bond donors (Lipinski definition) is 2. The Bertz CT molecular complexity index is 988. The standard InChI is InChI=1S/C21H21ClN4O2S/c1-14-9-11-16(12-10-14)24-20(28)21-26-25-19(29-21)8-4-7-18(27)23-13-15-5-2-3-6-17(15)22/h2-3,5-6,9-12H,4,7-8,13H2,1H3,(H,23,27)(H,24,28). The number of benzene rings is 2. The highest BCUT2D eigenvalue weighted by Crippen LogP contribution is 2.16. The third kappa shape index (κ3) is 6.37. The summed E-state index contributed by atoms with van der Waals surface area (Å²) in [6, 6.07) is 15.0. The van der Waals surface area contributed by atoms with Crippen molar-refractivity contribution >= 4 is 40.4 Å². The number of rotatable bonds is 8. The summed E-state index contributed by atoms with van der Waals surface area (Å²) in [4.78, 5) is 24.3. The van der Waals surface area contributed by atoms with Crippen LogP contribution < -0.4 is 10.6 Å². The number of aryl methyl sites for hydroxylation is 2. The van der Waals surface area contributed by atoms with Gasteiger partial charge in [0.1, 0.15) is 5.01 Å². The molecule has 0 bridgehead atoms. The van der Waals surface area contributed by atoms with Crippen molar-refractivity contribution in [3.63, 3.8) is 0 Å². The van der Waals surface area contributed by atoms with Crippen molar-refractivity contribution in [2.45, 2.75) is 32.7 Å². The summed E-state index contributed by atoms with van der Waals surface area (Å²) in [5, 5.41) is 15.4. The van der Waals surface area contributed by atoms with Crippen LogP contribution in [0.5, 0.6) is 0 Å². The van der Waals surface area contributed by atoms with Crippen LogP contribution in [0.15, 0.2) is 48.5 Å². The summed E-state index contributed by atoms with van der Waals surface area (Å²) in [7, 11) is 0. The Labute approximate surface area is 178 Å². The van der Waals surface area contributed by atoms with Gasteiger partial charge in [0.05, 0.1) is 0 Å². The molecule has 0 aliphatic heterocycles. The lowest BCUT2D eigenvalue weighted by Gasteiger charge is -2.06. The monoisotopic (exact) mass is 428 g/mol. The zero-order valence-corrected chi connectivity index (χ0v) is 17.5. The van der Waals surface area contributed by atoms with Crippen LogP contribution in [0.25, 0.3) is 0 Å². The molecule has 0 saturated carbocycles. The zero-order valence-electron chi connectivity index (χ0n) is 15.9. The van der Waals surface area contributed by atoms with E-state index in [1.165, 1.54) is 11.3 Å². The molecule has 0 fully saturated rings. The Morgan fingerprint density at radius 1 is 1.07 bits per heavy atom. The van der Waals surface area contributed by atoms with Gasteiger partial charge in [-0.15, -0.1) is 10.2 Å². The molecule has 2 aromatic carbocycles. The van der Waals surface area contributed by atoms with Crippen molar-refractivity contribution in [2.75, 3.05) is 5.32 Å². The van der Waals surface area contributed by atoms with E-state index in [1.807, 2.05) is 49.4 Å². The van der Waals surface area contributed by atoms with E-state index in [1.54, 1.807) is 6.07 Å². The first-order chi connectivity index (χ1) is 14.0. The number of nitrogens with zero attached hydrogens (tertiary/aromatic N) is 2. The molecule has 3 aromatic rings. The van der Waals surface area contributed by atoms with Crippen LogP contribution in [0.1, 0.15) is 38.8 Å². The molecule has 0 aliphatic carbocycles. The largest absolute Gasteiger partial charge is 0.352 e. The van der Waals surface area contributed by atoms with Gasteiger partial charge in [-0.05, 0) is 37.1 Å². The van der Waals surface area contributed by atoms with Gasteiger partial charge >= 0.3 is 0 Å². The van der Waals surface area contributed by atoms with Crippen LogP contribution in [0.4, 0.5) is 5.69 Å². The van der Waals surface area contributed by atoms with Crippen molar-refractivity contribution in [2.24, 2.45) is 0 Å². The van der Waals surface area contributed by atoms with E-state index in [0.717, 1.165) is 16.1 Å². The van der Waals surface area contributed by atoms with Crippen molar-refractivity contribution in [3.8, 4) is 0 Å². The van der Waals surface area contributed by atoms with E-state index < -0.39 is 0 Å². The van der Waals surface area contributed by atoms with Crippen LogP contribution in [0, 0.1) is 6.92 Å². The van der Waals surface area contributed by atoms with E-state index in [0.29, 0.717) is 41.5 Å². The SMILES string of the molecule is Cc1ccc(NC(=O)c2nnc(CCCC(=O)NCc3ccccc3Cl)s2)cc1. The highest BCUT2D eigenvalue weighted by atomic mass is 35.5. The van der Waals surface area contributed by atoms with Gasteiger partial charge < -0.3 is 10.6 Å². The molecule has 3 rings (SSSR count). The van der Waals surface area contributed by atoms with Gasteiger partial charge in [0.25, 0.3) is 5.91 Å². The Hall–Kier alpha value is -2.77. The Morgan fingerprint density at radius 3 is 2.59 bits per heavy atom. The van der Waals surface area contributed by atoms with Crippen LogP contribution in [-0.4, -0.2) is 22.0 Å². The van der Waals surface area contributed by atoms with E-state index in [-0.39, 0.29) is 11.8 Å². The predicted octanol–water partition coefficient (Wildman–Crippen LogP) is 4.39. The smallest absolute Gasteiger partial charge is 0.286 e. The highest BCUT2D eigenvalue weighted by Gasteiger charge is 2.13. The number of carbonyl (C=O) groups excluding carboxylic acids is 2. The molecule has 2 N–H and O–H groups in total. The first-order valence-corrected chi connectivity index (χ1v) is 10.4. The molecule has 29 heavy (non-hydrogen) atoms. The lowest BCUT2D eigenvalue weighted by molar-refractivity contribution is -0.121. The highest BCUT2D eigenvalue weighted by molar-refractivity contribution is 7.13. The average Bonchev–Trinajstić information content (AvgIpc) is 3.18. The molecular formula is C21H21ClN4O2S. The average molecular weight is 429 g/mol. The number of hydrogen-bond acceptors (Lipinski definition) is 5. The molecule has 1 heterocycles. The van der Waals surface area contributed by atoms with Crippen molar-refractivity contribution in [1.82, 2.24) is 15.5 Å². The number of nitrogens with one attached hydrogen (secondary N) is 2. The minimum Gasteiger partial charge on any atom is -0.352 e. The van der Waals surface area contributed by atoms with Crippen LogP contribution >= 0.6 is 22.9 Å². The summed E-state index contributed by atoms with van der Waals surface area (Å²) in [5.74, 6) is -0.332. The molecule has 0 aliphatic rings. The fraction of sp³-hybridized carbons (Fsp3) is 0.238. The van der Waals surface area contributed by atoms with Crippen LogP contribution in [0.2, 0.25) is 5.02 Å². The normalized spacial score (nSPS) is 10.6. The fourth-order valence-electron chi connectivity index (χ4n) is 2.59. The van der Waals surface area contributed by atoms with Crippen LogP contribution in [0.3, 0.4) is 0 Å². The summed E-state index contributed by atoms with van der Waals surface area (Å²) in [6.45, 7) is 2.39. The topological polar surface area (TPSA) is 84.0 Å². The summed E-state index contributed by atoms with van der Waals surface area (Å²) < 4.78 is 0. The van der Waals surface area contributed by atoms with E-state index in [9.17, 15) is 9.59 Å². The zero-order chi connectivity index (χ0) is 20.6. The van der Waals surface area contributed by atoms with Gasteiger partial charge in [0, 0.05) is 30.1 Å². The minimum atomic E-state index is -0.282. The number of carbonyl (C=O) groups is 2. The van der Waals surface area contributed by atoms with Gasteiger partial charge in [-0.2, -0.15) is 0 Å². The molecule has 0 spiro atoms. The summed E-state index contributed by atoms with van der Waals surface area (Å²) in [6.07, 6.45) is 1.59. The third-order valence-corrected chi connectivity index (χ3v) is 5.55. The lowest BCUT2D eigenvalue weighted by atomic mass is 10.2. The second-order valence-corrected chi connectivity index (χ2v) is 8.01. The maximum Gasteiger partial charge on any atom is 0.286 e. The van der Waals surface area contributed by atoms with Crippen molar-refractivity contribution in [1.29, 1.82) is 0 Å². The molecule has 2 amide bonds. The number of aromatic nitrogens is 2. The number of halogens is 1. The Kier molecular flexibility index (Phi) is 7.32. The Balaban J connectivity index is 1.41. The molecule has 0 saturated heterocycles. The predicted molar refractivity (Wildman–Crippen MR) is 115 cm³/mol. The molecular weight excluding hydrogens is 408 g/mol. The molecule has 6 nitrogen and oxygen atoms in total. The second-order valence-electron chi connectivity index (χ2n) is 6.54. The third-order valence-electron chi connectivity index (χ3n) is 4.20. The van der Waals surface area contributed by atoms with Crippen LogP contribution in [-0.2, 0) is 17.8 Å². The lowest BCUT2D eigenvalue weighted by Crippen LogP contribution is -2.22. The van der Waals surface area contributed by atoms with Gasteiger partial charge in [-0.3, -0.25) is 9.59 Å². The molecule has 8 heteroatoms. The molecule has 150 valence electrons. The first-order valence-electron chi connectivity index (χ1n) is 9.22. The van der Waals surface area contributed by atoms with Gasteiger partial charge in [-0.25, -0.2) is 0 Å². The second kappa shape index (κ2) is 10.1. The maximum atomic E-state index is 12.3. The van der Waals surface area contributed by atoms with E-state index in [4.69, 9.17) is 11.6 Å². The van der Waals surface area contributed by atoms with E-state index >= 15 is 0 Å². The summed E-state index contributed by atoms with van der Waals surface area (Å²) >= 11 is 7.32.